The summed E-state index contributed by atoms with van der Waals surface area (Å²) in [6.07, 6.45) is 9.89. The normalized spacial score (nSPS) is 16.7. The third kappa shape index (κ3) is 5.54. The van der Waals surface area contributed by atoms with Crippen LogP contribution in [-0.2, 0) is 16.2 Å². The second-order valence-electron chi connectivity index (χ2n) is 21.8. The van der Waals surface area contributed by atoms with Gasteiger partial charge in [0.15, 0.2) is 0 Å². The Morgan fingerprint density at radius 3 is 0.863 bits per heavy atom. The van der Waals surface area contributed by atoms with Crippen molar-refractivity contribution in [3.8, 4) is 44.5 Å². The molecule has 3 spiro atoms. The van der Waals surface area contributed by atoms with Crippen LogP contribution in [0.2, 0.25) is 0 Å². The van der Waals surface area contributed by atoms with E-state index < -0.39 is 5.41 Å². The van der Waals surface area contributed by atoms with Gasteiger partial charge >= 0.3 is 0 Å². The lowest BCUT2D eigenvalue weighted by Gasteiger charge is -2.34. The molecule has 0 N–H and O–H groups in total. The lowest BCUT2D eigenvalue weighted by Crippen LogP contribution is -2.26. The minimum Gasteiger partial charge on any atom is -0.310 e. The molecule has 0 unspecified atom stereocenters. The van der Waals surface area contributed by atoms with Crippen molar-refractivity contribution in [3.63, 3.8) is 0 Å². The first-order chi connectivity index (χ1) is 36.2. The molecule has 6 aliphatic carbocycles. The Balaban J connectivity index is 0.906. The molecule has 0 aliphatic heterocycles. The van der Waals surface area contributed by atoms with E-state index in [-0.39, 0.29) is 10.8 Å². The maximum absolute atomic E-state index is 2.56. The van der Waals surface area contributed by atoms with Crippen molar-refractivity contribution < 1.29 is 0 Å². The van der Waals surface area contributed by atoms with Gasteiger partial charge in [0, 0.05) is 45.0 Å². The second kappa shape index (κ2) is 15.4. The van der Waals surface area contributed by atoms with Crippen LogP contribution in [0.1, 0.15) is 95.9 Å². The molecule has 2 saturated carbocycles. The predicted molar refractivity (Wildman–Crippen MR) is 301 cm³/mol. The Hall–Kier alpha value is -8.20. The number of hydrogen-bond donors (Lipinski definition) is 0. The Kier molecular flexibility index (Phi) is 8.74. The molecule has 2 nitrogen and oxygen atoms in total. The number of rotatable bonds is 6. The van der Waals surface area contributed by atoms with Crippen LogP contribution in [0.25, 0.3) is 44.5 Å². The van der Waals surface area contributed by atoms with E-state index in [1.54, 1.807) is 0 Å². The van der Waals surface area contributed by atoms with Gasteiger partial charge in [-0.2, -0.15) is 0 Å². The van der Waals surface area contributed by atoms with Crippen molar-refractivity contribution in [2.75, 3.05) is 9.80 Å². The van der Waals surface area contributed by atoms with E-state index in [2.05, 4.69) is 240 Å². The average molecular weight is 935 g/mol. The highest BCUT2D eigenvalue weighted by Gasteiger charge is 2.53. The largest absolute Gasteiger partial charge is 0.310 e. The molecule has 6 aliphatic rings. The van der Waals surface area contributed by atoms with Gasteiger partial charge in [0.2, 0.25) is 0 Å². The molecule has 10 aromatic rings. The number of anilines is 6. The summed E-state index contributed by atoms with van der Waals surface area (Å²) in [5, 5.41) is 0. The van der Waals surface area contributed by atoms with Crippen LogP contribution >= 0.6 is 0 Å². The minimum atomic E-state index is -0.560. The molecule has 348 valence electrons. The monoisotopic (exact) mass is 934 g/mol. The zero-order chi connectivity index (χ0) is 47.9. The zero-order valence-electron chi connectivity index (χ0n) is 41.0. The van der Waals surface area contributed by atoms with Crippen LogP contribution in [0.4, 0.5) is 34.1 Å². The minimum absolute atomic E-state index is 0.0687. The molecule has 2 heteroatoms. The molecule has 0 heterocycles. The zero-order valence-corrected chi connectivity index (χ0v) is 41.0. The van der Waals surface area contributed by atoms with Gasteiger partial charge in [-0.3, -0.25) is 0 Å². The van der Waals surface area contributed by atoms with Crippen LogP contribution < -0.4 is 9.80 Å². The molecule has 2 fully saturated rings. The van der Waals surface area contributed by atoms with Gasteiger partial charge in [0.25, 0.3) is 0 Å². The van der Waals surface area contributed by atoms with Gasteiger partial charge in [-0.15, -0.1) is 0 Å². The summed E-state index contributed by atoms with van der Waals surface area (Å²) in [7, 11) is 0. The van der Waals surface area contributed by atoms with E-state index in [0.29, 0.717) is 0 Å². The van der Waals surface area contributed by atoms with Crippen molar-refractivity contribution in [2.24, 2.45) is 0 Å². The Labute approximate surface area is 428 Å². The summed E-state index contributed by atoms with van der Waals surface area (Å²) < 4.78 is 0. The van der Waals surface area contributed by atoms with Crippen molar-refractivity contribution in [2.45, 2.75) is 67.6 Å². The predicted octanol–water partition coefficient (Wildman–Crippen LogP) is 18.7. The quantitative estimate of drug-likeness (QED) is 0.164. The Bertz CT molecular complexity index is 3630. The number of benzene rings is 10. The maximum Gasteiger partial charge on any atom is 0.0727 e. The summed E-state index contributed by atoms with van der Waals surface area (Å²) in [4.78, 5) is 5.06. The highest BCUT2D eigenvalue weighted by Crippen LogP contribution is 2.65. The Morgan fingerprint density at radius 1 is 0.219 bits per heavy atom. The van der Waals surface area contributed by atoms with E-state index in [1.165, 1.54) is 163 Å². The number of hydrogen-bond acceptors (Lipinski definition) is 2. The van der Waals surface area contributed by atoms with E-state index >= 15 is 0 Å². The molecule has 0 saturated heterocycles. The van der Waals surface area contributed by atoms with Crippen molar-refractivity contribution in [3.05, 3.63) is 275 Å². The first-order valence-corrected chi connectivity index (χ1v) is 26.8. The van der Waals surface area contributed by atoms with Crippen molar-refractivity contribution in [1.82, 2.24) is 0 Å². The van der Waals surface area contributed by atoms with Gasteiger partial charge in [-0.1, -0.05) is 183 Å². The lowest BCUT2D eigenvalue weighted by atomic mass is 9.70. The molecule has 16 rings (SSSR count). The van der Waals surface area contributed by atoms with E-state index in [9.17, 15) is 0 Å². The average Bonchev–Trinajstić information content (AvgIpc) is 4.33. The van der Waals surface area contributed by atoms with Crippen LogP contribution in [0.15, 0.2) is 231 Å². The second-order valence-corrected chi connectivity index (χ2v) is 21.8. The van der Waals surface area contributed by atoms with Crippen molar-refractivity contribution >= 4 is 34.1 Å². The number of para-hydroxylation sites is 2. The summed E-state index contributed by atoms with van der Waals surface area (Å²) in [6.45, 7) is 0. The number of fused-ring (bicyclic) bond motifs is 20. The van der Waals surface area contributed by atoms with Crippen LogP contribution in [-0.4, -0.2) is 0 Å². The molecule has 0 aromatic heterocycles. The highest BCUT2D eigenvalue weighted by atomic mass is 15.1. The van der Waals surface area contributed by atoms with Crippen LogP contribution in [0.5, 0.6) is 0 Å². The van der Waals surface area contributed by atoms with Gasteiger partial charge in [-0.25, -0.2) is 0 Å². The van der Waals surface area contributed by atoms with Gasteiger partial charge < -0.3 is 9.80 Å². The smallest absolute Gasteiger partial charge is 0.0727 e. The number of nitrogens with zero attached hydrogens (tertiary/aromatic N) is 2. The molecule has 10 aromatic carbocycles. The Morgan fingerprint density at radius 2 is 0.493 bits per heavy atom. The fraction of sp³-hybridized carbons (Fsp3) is 0.155. The van der Waals surface area contributed by atoms with Gasteiger partial charge in [0.1, 0.15) is 0 Å². The highest BCUT2D eigenvalue weighted by molar-refractivity contribution is 5.98. The summed E-state index contributed by atoms with van der Waals surface area (Å²) >= 11 is 0. The van der Waals surface area contributed by atoms with Gasteiger partial charge in [-0.05, 0) is 187 Å². The van der Waals surface area contributed by atoms with Gasteiger partial charge in [0.05, 0.1) is 5.41 Å². The topological polar surface area (TPSA) is 6.48 Å². The molecular formula is C71H54N2. The molecule has 73 heavy (non-hydrogen) atoms. The summed E-state index contributed by atoms with van der Waals surface area (Å²) in [6, 6.07) is 88.6. The summed E-state index contributed by atoms with van der Waals surface area (Å²) in [5.74, 6) is 0. The fourth-order valence-corrected chi connectivity index (χ4v) is 15.6. The van der Waals surface area contributed by atoms with E-state index in [0.717, 1.165) is 11.4 Å². The third-order valence-electron chi connectivity index (χ3n) is 18.5. The van der Waals surface area contributed by atoms with Crippen LogP contribution in [0.3, 0.4) is 0 Å². The lowest BCUT2D eigenvalue weighted by molar-refractivity contribution is 0.550. The third-order valence-corrected chi connectivity index (χ3v) is 18.5. The standard InChI is InChI=1S/C71H54N2/c1-3-19-47(20-4-1)72(49-31-35-57-53-23-7-11-27-61(53)69(65(57)43-49)39-15-16-40-69)51-33-37-59-60-38-34-52(46-68(60)71(67(59)45-51)63-29-13-9-25-55(63)56-26-10-14-30-64(56)71)73(48-21-5-2-6-22-48)50-32-36-58-54-24-8-12-28-62(54)70(66(58)44-50)41-17-18-42-70/h1-14,19-38,43-46H,15-18,39-42H2. The molecular weight excluding hydrogens is 881 g/mol. The maximum atomic E-state index is 2.56. The fourth-order valence-electron chi connectivity index (χ4n) is 15.6. The SMILES string of the molecule is c1ccc(N(c2ccc3c(c2)C2(CCCC2)c2ccccc2-3)c2ccc3c(c2)C2(c4ccccc4-c4ccccc42)c2cc(N(c4ccccc4)c4ccc5c(c4)C4(CCCC4)c4ccccc4-5)ccc2-3)cc1. The van der Waals surface area contributed by atoms with Crippen LogP contribution in [0, 0.1) is 0 Å². The summed E-state index contributed by atoms with van der Waals surface area (Å²) in [5.41, 5.74) is 28.9. The first kappa shape index (κ1) is 41.4. The van der Waals surface area contributed by atoms with Crippen molar-refractivity contribution in [1.29, 1.82) is 0 Å². The molecule has 0 radical (unpaired) electrons. The molecule has 0 atom stereocenters. The molecule has 0 bridgehead atoms. The van der Waals surface area contributed by atoms with E-state index in [1.807, 2.05) is 0 Å². The van der Waals surface area contributed by atoms with E-state index in [4.69, 9.17) is 0 Å². The molecule has 0 amide bonds. The first-order valence-electron chi connectivity index (χ1n) is 26.8.